The molecule has 404 valence electrons. The van der Waals surface area contributed by atoms with Crippen molar-refractivity contribution in [3.63, 3.8) is 0 Å². The molecule has 0 saturated heterocycles. The van der Waals surface area contributed by atoms with Crippen LogP contribution in [-0.2, 0) is 21.7 Å². The molecule has 3 nitrogen and oxygen atoms in total. The number of nitrogens with zero attached hydrogens (tertiary/aromatic N) is 3. The van der Waals surface area contributed by atoms with Crippen molar-refractivity contribution in [2.45, 2.75) is 84.0 Å². The molecule has 0 spiro atoms. The third kappa shape index (κ3) is 8.47. The number of benzene rings is 11. The van der Waals surface area contributed by atoms with E-state index in [1.54, 1.807) is 0 Å². The fourth-order valence-electron chi connectivity index (χ4n) is 13.8. The van der Waals surface area contributed by atoms with Gasteiger partial charge >= 0.3 is 0 Å². The van der Waals surface area contributed by atoms with Crippen molar-refractivity contribution >= 4 is 74.3 Å². The zero-order valence-corrected chi connectivity index (χ0v) is 49.2. The molecular weight excluding hydrogens is 1000 g/mol. The summed E-state index contributed by atoms with van der Waals surface area (Å²) in [6.07, 6.45) is 0. The van der Waals surface area contributed by atoms with Crippen LogP contribution in [0.1, 0.15) is 101 Å². The van der Waals surface area contributed by atoms with Crippen LogP contribution in [0, 0.1) is 0 Å². The van der Waals surface area contributed by atoms with E-state index >= 15 is 0 Å². The fraction of sp³-hybridized carbons (Fsp3) is 0.165. The summed E-state index contributed by atoms with van der Waals surface area (Å²) in [5, 5.41) is 0. The van der Waals surface area contributed by atoms with Gasteiger partial charge in [0, 0.05) is 51.1 Å². The molecule has 0 atom stereocenters. The summed E-state index contributed by atoms with van der Waals surface area (Å²) in [6, 6.07) is 98.7. The highest BCUT2D eigenvalue weighted by atomic mass is 15.2. The molecule has 0 fully saturated rings. The average Bonchev–Trinajstić information content (AvgIpc) is 3.27. The SMILES string of the molecule is CC(C)(C)c1ccc2c(c1)B1c3ccc(N(c4ccccc4)c4ccccc4)cc3N(c3ccc(C(C)(C)C)cc3-c3ccccc3)c3cc(C(C)(C)C)cc(c31)N2c1ccc2c(c1)C(c1ccccc1)(c1ccccc1)c1ccccc1-2. The lowest BCUT2D eigenvalue weighted by Gasteiger charge is -2.46. The van der Waals surface area contributed by atoms with Crippen molar-refractivity contribution in [3.05, 3.63) is 300 Å². The van der Waals surface area contributed by atoms with Gasteiger partial charge in [-0.3, -0.25) is 0 Å². The van der Waals surface area contributed by atoms with Gasteiger partial charge in [-0.15, -0.1) is 0 Å². The fourth-order valence-corrected chi connectivity index (χ4v) is 13.8. The van der Waals surface area contributed by atoms with Crippen LogP contribution in [0.4, 0.5) is 51.2 Å². The predicted molar refractivity (Wildman–Crippen MR) is 354 cm³/mol. The van der Waals surface area contributed by atoms with E-state index in [9.17, 15) is 0 Å². The molecule has 2 heterocycles. The first-order valence-electron chi connectivity index (χ1n) is 29.6. The molecule has 83 heavy (non-hydrogen) atoms. The molecule has 0 unspecified atom stereocenters. The largest absolute Gasteiger partial charge is 0.311 e. The van der Waals surface area contributed by atoms with Crippen LogP contribution in [0.2, 0.25) is 0 Å². The number of rotatable bonds is 8. The van der Waals surface area contributed by atoms with Crippen molar-refractivity contribution in [1.82, 2.24) is 0 Å². The van der Waals surface area contributed by atoms with Crippen molar-refractivity contribution in [2.24, 2.45) is 0 Å². The maximum absolute atomic E-state index is 2.65. The zero-order chi connectivity index (χ0) is 57.0. The monoisotopic (exact) mass is 1070 g/mol. The molecular formula is C79H70BN3. The first-order valence-corrected chi connectivity index (χ1v) is 29.6. The first kappa shape index (κ1) is 52.0. The van der Waals surface area contributed by atoms with E-state index in [0.29, 0.717) is 0 Å². The van der Waals surface area contributed by atoms with Crippen LogP contribution in [0.5, 0.6) is 0 Å². The molecule has 0 aromatic heterocycles. The highest BCUT2D eigenvalue weighted by Crippen LogP contribution is 2.58. The Balaban J connectivity index is 1.10. The smallest absolute Gasteiger partial charge is 0.252 e. The molecule has 0 N–H and O–H groups in total. The molecule has 1 aliphatic carbocycles. The van der Waals surface area contributed by atoms with Crippen molar-refractivity contribution in [3.8, 4) is 22.3 Å². The molecule has 0 radical (unpaired) electrons. The number of para-hydroxylation sites is 2. The minimum Gasteiger partial charge on any atom is -0.311 e. The Kier molecular flexibility index (Phi) is 12.2. The Labute approximate surface area is 492 Å². The Hall–Kier alpha value is -9.12. The van der Waals surface area contributed by atoms with Crippen molar-refractivity contribution in [2.75, 3.05) is 14.7 Å². The molecule has 3 aliphatic rings. The summed E-state index contributed by atoms with van der Waals surface area (Å²) in [5.74, 6) is 0. The standard InChI is InChI=1S/C79H70BN3/c1-76(2,3)56-39-45-70(65(47-56)53-27-15-10-16-28-53)83-72-52-62(81(59-33-21-13-22-34-59)60-35-23-14-24-36-60)42-44-68(72)80-69-48-57(77(4,5)6)40-46-71(69)82(73-49-58(78(7,8)9)50-74(83)75(73)80)61-41-43-64-63-37-25-26-38-66(63)79(67(64)51-61,54-29-17-11-18-30-54)55-31-19-12-20-32-55/h10-52H,1-9H3. The third-order valence-electron chi connectivity index (χ3n) is 18.0. The molecule has 0 bridgehead atoms. The second kappa shape index (κ2) is 19.5. The first-order chi connectivity index (χ1) is 40.1. The molecule has 11 aromatic carbocycles. The highest BCUT2D eigenvalue weighted by Gasteiger charge is 2.49. The van der Waals surface area contributed by atoms with Crippen molar-refractivity contribution < 1.29 is 0 Å². The van der Waals surface area contributed by atoms with E-state index in [-0.39, 0.29) is 23.0 Å². The van der Waals surface area contributed by atoms with Gasteiger partial charge in [-0.1, -0.05) is 244 Å². The second-order valence-electron chi connectivity index (χ2n) is 26.2. The number of anilines is 9. The van der Waals surface area contributed by atoms with E-state index in [1.807, 2.05) is 0 Å². The summed E-state index contributed by atoms with van der Waals surface area (Å²) in [4.78, 5) is 7.71. The molecule has 2 aliphatic heterocycles. The number of fused-ring (bicyclic) bond motifs is 7. The average molecular weight is 1070 g/mol. The molecule has 0 amide bonds. The lowest BCUT2D eigenvalue weighted by atomic mass is 9.33. The van der Waals surface area contributed by atoms with Gasteiger partial charge in [0.25, 0.3) is 6.71 Å². The van der Waals surface area contributed by atoms with Gasteiger partial charge in [-0.25, -0.2) is 0 Å². The van der Waals surface area contributed by atoms with Crippen LogP contribution >= 0.6 is 0 Å². The van der Waals surface area contributed by atoms with Gasteiger partial charge in [-0.2, -0.15) is 0 Å². The van der Waals surface area contributed by atoms with Crippen molar-refractivity contribution in [1.29, 1.82) is 0 Å². The van der Waals surface area contributed by atoms with Crippen LogP contribution in [-0.4, -0.2) is 6.71 Å². The third-order valence-corrected chi connectivity index (χ3v) is 18.0. The molecule has 0 saturated carbocycles. The number of hydrogen-bond donors (Lipinski definition) is 0. The topological polar surface area (TPSA) is 9.72 Å². The van der Waals surface area contributed by atoms with Gasteiger partial charge in [0.15, 0.2) is 0 Å². The van der Waals surface area contributed by atoms with Crippen LogP contribution in [0.25, 0.3) is 22.3 Å². The Morgan fingerprint density at radius 3 is 1.42 bits per heavy atom. The molecule has 14 rings (SSSR count). The normalized spacial score (nSPS) is 13.9. The lowest BCUT2D eigenvalue weighted by molar-refractivity contribution is 0.590. The van der Waals surface area contributed by atoms with Crippen LogP contribution in [0.15, 0.2) is 261 Å². The van der Waals surface area contributed by atoms with Gasteiger partial charge < -0.3 is 14.7 Å². The second-order valence-corrected chi connectivity index (χ2v) is 26.2. The van der Waals surface area contributed by atoms with Gasteiger partial charge in [0.1, 0.15) is 0 Å². The quantitative estimate of drug-likeness (QED) is 0.140. The number of hydrogen-bond acceptors (Lipinski definition) is 3. The van der Waals surface area contributed by atoms with E-state index in [0.717, 1.165) is 28.4 Å². The summed E-state index contributed by atoms with van der Waals surface area (Å²) in [5.41, 5.74) is 27.2. The minimum absolute atomic E-state index is 0.0812. The summed E-state index contributed by atoms with van der Waals surface area (Å²) in [7, 11) is 0. The van der Waals surface area contributed by atoms with Gasteiger partial charge in [-0.05, 0) is 167 Å². The summed E-state index contributed by atoms with van der Waals surface area (Å²) >= 11 is 0. The molecule has 4 heteroatoms. The van der Waals surface area contributed by atoms with Crippen LogP contribution in [0.3, 0.4) is 0 Å². The molecule has 11 aromatic rings. The van der Waals surface area contributed by atoms with Gasteiger partial charge in [0.2, 0.25) is 0 Å². The van der Waals surface area contributed by atoms with Gasteiger partial charge in [0.05, 0.1) is 11.1 Å². The predicted octanol–water partition coefficient (Wildman–Crippen LogP) is 19.2. The van der Waals surface area contributed by atoms with Crippen LogP contribution < -0.4 is 31.1 Å². The zero-order valence-electron chi connectivity index (χ0n) is 49.2. The Bertz CT molecular complexity index is 4190. The van der Waals surface area contributed by atoms with E-state index in [4.69, 9.17) is 0 Å². The minimum atomic E-state index is -0.567. The van der Waals surface area contributed by atoms with E-state index in [1.165, 1.54) is 100 Å². The maximum atomic E-state index is 2.65. The Morgan fingerprint density at radius 1 is 0.325 bits per heavy atom. The Morgan fingerprint density at radius 2 is 0.831 bits per heavy atom. The highest BCUT2D eigenvalue weighted by molar-refractivity contribution is 7.00. The summed E-state index contributed by atoms with van der Waals surface area (Å²) < 4.78 is 0. The van der Waals surface area contributed by atoms with E-state index < -0.39 is 5.41 Å². The summed E-state index contributed by atoms with van der Waals surface area (Å²) in [6.45, 7) is 21.1. The van der Waals surface area contributed by atoms with E-state index in [2.05, 4.69) is 338 Å². The maximum Gasteiger partial charge on any atom is 0.252 e. The lowest BCUT2D eigenvalue weighted by Crippen LogP contribution is -2.61.